The van der Waals surface area contributed by atoms with E-state index in [1.165, 1.54) is 19.3 Å². The molecule has 17 heavy (non-hydrogen) atoms. The fourth-order valence-electron chi connectivity index (χ4n) is 3.60. The van der Waals surface area contributed by atoms with Crippen LogP contribution in [0.25, 0.3) is 0 Å². The summed E-state index contributed by atoms with van der Waals surface area (Å²) in [6.45, 7) is 6.18. The molecular formula is C13H25NO2S. The van der Waals surface area contributed by atoms with Gasteiger partial charge in [-0.2, -0.15) is 0 Å². The third-order valence-corrected chi connectivity index (χ3v) is 6.76. The molecule has 0 bridgehead atoms. The van der Waals surface area contributed by atoms with Crippen molar-refractivity contribution in [2.24, 2.45) is 5.92 Å². The van der Waals surface area contributed by atoms with Crippen LogP contribution in [-0.2, 0) is 9.84 Å². The van der Waals surface area contributed by atoms with Crippen LogP contribution in [0.15, 0.2) is 0 Å². The standard InChI is InChI=1S/C13H25NO2S/c1-4-5-10-6-7-11-12(8-10)17(15,16)9-13(2,3)14-11/h10-12,14H,4-9H2,1-3H3. The lowest BCUT2D eigenvalue weighted by atomic mass is 9.82. The van der Waals surface area contributed by atoms with Gasteiger partial charge in [0.05, 0.1) is 11.0 Å². The maximum absolute atomic E-state index is 12.3. The van der Waals surface area contributed by atoms with Crippen molar-refractivity contribution in [3.05, 3.63) is 0 Å². The summed E-state index contributed by atoms with van der Waals surface area (Å²) in [7, 11) is -2.91. The molecule has 0 amide bonds. The fourth-order valence-corrected chi connectivity index (χ4v) is 6.17. The Kier molecular flexibility index (Phi) is 3.56. The van der Waals surface area contributed by atoms with Crippen molar-refractivity contribution in [2.75, 3.05) is 5.75 Å². The first kappa shape index (κ1) is 13.3. The number of nitrogens with one attached hydrogen (secondary N) is 1. The predicted octanol–water partition coefficient (Wildman–Crippen LogP) is 2.12. The minimum atomic E-state index is -2.91. The van der Waals surface area contributed by atoms with Crippen molar-refractivity contribution in [2.45, 2.75) is 69.7 Å². The average molecular weight is 259 g/mol. The topological polar surface area (TPSA) is 46.2 Å². The Morgan fingerprint density at radius 1 is 1.29 bits per heavy atom. The van der Waals surface area contributed by atoms with E-state index in [9.17, 15) is 8.42 Å². The van der Waals surface area contributed by atoms with Gasteiger partial charge >= 0.3 is 0 Å². The number of hydrogen-bond donors (Lipinski definition) is 1. The molecule has 0 aromatic carbocycles. The number of rotatable bonds is 2. The maximum Gasteiger partial charge on any atom is 0.156 e. The monoisotopic (exact) mass is 259 g/mol. The fraction of sp³-hybridized carbons (Fsp3) is 1.00. The molecule has 2 rings (SSSR count). The molecule has 0 aromatic rings. The minimum Gasteiger partial charge on any atom is -0.307 e. The van der Waals surface area contributed by atoms with Gasteiger partial charge in [-0.25, -0.2) is 8.42 Å². The summed E-state index contributed by atoms with van der Waals surface area (Å²) in [5, 5.41) is 3.41. The van der Waals surface area contributed by atoms with E-state index >= 15 is 0 Å². The summed E-state index contributed by atoms with van der Waals surface area (Å²) in [5.74, 6) is 0.916. The number of fused-ring (bicyclic) bond motifs is 1. The van der Waals surface area contributed by atoms with E-state index < -0.39 is 9.84 Å². The minimum absolute atomic E-state index is 0.124. The van der Waals surface area contributed by atoms with Crippen molar-refractivity contribution in [3.8, 4) is 0 Å². The SMILES string of the molecule is CCCC1CCC2NC(C)(C)CS(=O)(=O)C2C1. The molecule has 0 aromatic heterocycles. The van der Waals surface area contributed by atoms with Crippen LogP contribution in [0.3, 0.4) is 0 Å². The summed E-state index contributed by atoms with van der Waals surface area (Å²) in [6.07, 6.45) is 5.44. The summed E-state index contributed by atoms with van der Waals surface area (Å²) in [6, 6.07) is 0.192. The second-order valence-electron chi connectivity index (χ2n) is 6.45. The van der Waals surface area contributed by atoms with Crippen molar-refractivity contribution in [3.63, 3.8) is 0 Å². The predicted molar refractivity (Wildman–Crippen MR) is 70.8 cm³/mol. The van der Waals surface area contributed by atoms with Gasteiger partial charge in [0.15, 0.2) is 9.84 Å². The molecular weight excluding hydrogens is 234 g/mol. The van der Waals surface area contributed by atoms with Crippen molar-refractivity contribution >= 4 is 9.84 Å². The van der Waals surface area contributed by atoms with E-state index in [0.717, 1.165) is 12.8 Å². The highest BCUT2D eigenvalue weighted by atomic mass is 32.2. The molecule has 1 aliphatic heterocycles. The van der Waals surface area contributed by atoms with Crippen molar-refractivity contribution < 1.29 is 8.42 Å². The summed E-state index contributed by atoms with van der Waals surface area (Å²) in [5.41, 5.74) is -0.252. The van der Waals surface area contributed by atoms with E-state index in [2.05, 4.69) is 12.2 Å². The molecule has 1 aliphatic carbocycles. The molecule has 2 fully saturated rings. The summed E-state index contributed by atoms with van der Waals surface area (Å²) in [4.78, 5) is 0. The molecule has 0 radical (unpaired) electrons. The maximum atomic E-state index is 12.3. The molecule has 3 unspecified atom stereocenters. The van der Waals surface area contributed by atoms with Crippen LogP contribution in [0.4, 0.5) is 0 Å². The van der Waals surface area contributed by atoms with Crippen LogP contribution in [0, 0.1) is 5.92 Å². The molecule has 3 nitrogen and oxygen atoms in total. The molecule has 0 spiro atoms. The third-order valence-electron chi connectivity index (χ3n) is 4.20. The third kappa shape index (κ3) is 2.84. The normalized spacial score (nSPS) is 39.6. The lowest BCUT2D eigenvalue weighted by Gasteiger charge is -2.45. The summed E-state index contributed by atoms with van der Waals surface area (Å²) < 4.78 is 24.7. The van der Waals surface area contributed by atoms with Crippen molar-refractivity contribution in [1.82, 2.24) is 5.32 Å². The van der Waals surface area contributed by atoms with Gasteiger partial charge in [-0.1, -0.05) is 19.8 Å². The average Bonchev–Trinajstić information content (AvgIpc) is 2.17. The van der Waals surface area contributed by atoms with Crippen LogP contribution in [0.5, 0.6) is 0 Å². The largest absolute Gasteiger partial charge is 0.307 e. The molecule has 1 saturated carbocycles. The molecule has 100 valence electrons. The number of hydrogen-bond acceptors (Lipinski definition) is 3. The zero-order valence-electron chi connectivity index (χ0n) is 11.2. The highest BCUT2D eigenvalue weighted by Crippen LogP contribution is 2.36. The Morgan fingerprint density at radius 2 is 2.00 bits per heavy atom. The highest BCUT2D eigenvalue weighted by molar-refractivity contribution is 7.92. The van der Waals surface area contributed by atoms with Gasteiger partial charge in [0, 0.05) is 11.6 Å². The van der Waals surface area contributed by atoms with Gasteiger partial charge in [0.25, 0.3) is 0 Å². The van der Waals surface area contributed by atoms with E-state index in [0.29, 0.717) is 11.7 Å². The first-order chi connectivity index (χ1) is 7.84. The Balaban J connectivity index is 2.15. The number of sulfone groups is 1. The van der Waals surface area contributed by atoms with Gasteiger partial charge in [-0.3, -0.25) is 0 Å². The van der Waals surface area contributed by atoms with Gasteiger partial charge in [0.1, 0.15) is 0 Å². The second-order valence-corrected chi connectivity index (χ2v) is 8.67. The summed E-state index contributed by atoms with van der Waals surface area (Å²) >= 11 is 0. The first-order valence-electron chi connectivity index (χ1n) is 6.83. The lowest BCUT2D eigenvalue weighted by Crippen LogP contribution is -2.63. The molecule has 4 heteroatoms. The van der Waals surface area contributed by atoms with Crippen LogP contribution < -0.4 is 5.32 Å². The van der Waals surface area contributed by atoms with Crippen LogP contribution in [-0.4, -0.2) is 31.0 Å². The molecule has 2 aliphatic rings. The Labute approximate surface area is 105 Å². The second kappa shape index (κ2) is 4.54. The van der Waals surface area contributed by atoms with E-state index in [4.69, 9.17) is 0 Å². The molecule has 1 N–H and O–H groups in total. The zero-order chi connectivity index (χ0) is 12.7. The van der Waals surface area contributed by atoms with E-state index in [-0.39, 0.29) is 16.8 Å². The van der Waals surface area contributed by atoms with Crippen LogP contribution in [0.2, 0.25) is 0 Å². The van der Waals surface area contributed by atoms with E-state index in [1.54, 1.807) is 0 Å². The quantitative estimate of drug-likeness (QED) is 0.826. The van der Waals surface area contributed by atoms with Gasteiger partial charge in [-0.15, -0.1) is 0 Å². The Hall–Kier alpha value is -0.0900. The lowest BCUT2D eigenvalue weighted by molar-refractivity contribution is 0.230. The smallest absolute Gasteiger partial charge is 0.156 e. The Bertz CT molecular complexity index is 375. The highest BCUT2D eigenvalue weighted by Gasteiger charge is 2.46. The van der Waals surface area contributed by atoms with Gasteiger partial charge < -0.3 is 5.32 Å². The molecule has 3 atom stereocenters. The molecule has 1 saturated heterocycles. The van der Waals surface area contributed by atoms with Crippen LogP contribution in [0.1, 0.15) is 52.9 Å². The van der Waals surface area contributed by atoms with Gasteiger partial charge in [-0.05, 0) is 39.0 Å². The van der Waals surface area contributed by atoms with Gasteiger partial charge in [0.2, 0.25) is 0 Å². The van der Waals surface area contributed by atoms with Crippen LogP contribution >= 0.6 is 0 Å². The van der Waals surface area contributed by atoms with Crippen molar-refractivity contribution in [1.29, 1.82) is 0 Å². The zero-order valence-corrected chi connectivity index (χ0v) is 12.0. The first-order valence-corrected chi connectivity index (χ1v) is 8.55. The molecule has 1 heterocycles. The Morgan fingerprint density at radius 3 is 2.65 bits per heavy atom. The van der Waals surface area contributed by atoms with E-state index in [1.807, 2.05) is 13.8 Å².